The number of hydrogen-bond acceptors (Lipinski definition) is 3. The molecule has 1 amide bonds. The van der Waals surface area contributed by atoms with E-state index < -0.39 is 0 Å². The first-order chi connectivity index (χ1) is 10.7. The van der Waals surface area contributed by atoms with Gasteiger partial charge in [-0.15, -0.1) is 0 Å². The van der Waals surface area contributed by atoms with Gasteiger partial charge in [-0.1, -0.05) is 18.2 Å². The van der Waals surface area contributed by atoms with E-state index in [0.717, 1.165) is 25.9 Å². The number of carbonyl (C=O) groups is 1. The fraction of sp³-hybridized carbons (Fsp3) is 0.353. The van der Waals surface area contributed by atoms with Crippen molar-refractivity contribution < 1.29 is 4.79 Å². The Bertz CT molecular complexity index is 808. The Labute approximate surface area is 127 Å². The van der Waals surface area contributed by atoms with Crippen LogP contribution in [0.15, 0.2) is 47.5 Å². The van der Waals surface area contributed by atoms with Crippen molar-refractivity contribution in [2.45, 2.75) is 12.8 Å². The summed E-state index contributed by atoms with van der Waals surface area (Å²) in [6, 6.07) is 5.34. The average molecular weight is 295 g/mol. The SMILES string of the molecule is O=C(c1cnc2ccccn2c1=O)N1C[C@H]2CC=CC[C@H]2C1. The van der Waals surface area contributed by atoms with Gasteiger partial charge in [0.15, 0.2) is 0 Å². The van der Waals surface area contributed by atoms with Crippen molar-refractivity contribution in [3.8, 4) is 0 Å². The lowest BCUT2D eigenvalue weighted by molar-refractivity contribution is 0.0782. The minimum atomic E-state index is -0.288. The lowest BCUT2D eigenvalue weighted by atomic mass is 9.86. The van der Waals surface area contributed by atoms with E-state index in [1.54, 1.807) is 18.3 Å². The van der Waals surface area contributed by atoms with Gasteiger partial charge in [0.1, 0.15) is 11.2 Å². The first-order valence-electron chi connectivity index (χ1n) is 7.65. The third-order valence-electron chi connectivity index (χ3n) is 4.75. The molecule has 1 aliphatic heterocycles. The fourth-order valence-corrected chi connectivity index (χ4v) is 3.52. The van der Waals surface area contributed by atoms with Crippen LogP contribution in [0.2, 0.25) is 0 Å². The molecule has 5 heteroatoms. The standard InChI is InChI=1S/C17H17N3O2/c21-16(19-10-12-5-1-2-6-13(12)11-19)14-9-18-15-7-3-4-8-20(15)17(14)22/h1-4,7-9,12-13H,5-6,10-11H2/t12-,13+. The average Bonchev–Trinajstić information content (AvgIpc) is 2.99. The molecule has 3 heterocycles. The molecule has 0 spiro atoms. The van der Waals surface area contributed by atoms with E-state index in [9.17, 15) is 9.59 Å². The fourth-order valence-electron chi connectivity index (χ4n) is 3.52. The second-order valence-corrected chi connectivity index (χ2v) is 6.08. The molecule has 1 saturated heterocycles. The monoisotopic (exact) mass is 295 g/mol. The van der Waals surface area contributed by atoms with E-state index in [1.807, 2.05) is 11.0 Å². The van der Waals surface area contributed by atoms with Gasteiger partial charge in [0, 0.05) is 25.5 Å². The van der Waals surface area contributed by atoms with Crippen molar-refractivity contribution in [3.63, 3.8) is 0 Å². The van der Waals surface area contributed by atoms with Crippen LogP contribution in [0.25, 0.3) is 5.65 Å². The molecule has 2 aliphatic rings. The van der Waals surface area contributed by atoms with E-state index in [-0.39, 0.29) is 17.0 Å². The van der Waals surface area contributed by atoms with Gasteiger partial charge in [-0.2, -0.15) is 0 Å². The summed E-state index contributed by atoms with van der Waals surface area (Å²) in [4.78, 5) is 31.3. The minimum Gasteiger partial charge on any atom is -0.338 e. The Morgan fingerprint density at radius 1 is 1.14 bits per heavy atom. The lowest BCUT2D eigenvalue weighted by Gasteiger charge is -2.17. The van der Waals surface area contributed by atoms with Crippen LogP contribution in [0.1, 0.15) is 23.2 Å². The number of allylic oxidation sites excluding steroid dienone is 2. The molecule has 2 atom stereocenters. The van der Waals surface area contributed by atoms with Crippen LogP contribution in [-0.4, -0.2) is 33.3 Å². The van der Waals surface area contributed by atoms with Crippen LogP contribution in [0.5, 0.6) is 0 Å². The third-order valence-corrected chi connectivity index (χ3v) is 4.75. The van der Waals surface area contributed by atoms with Crippen LogP contribution in [0.3, 0.4) is 0 Å². The number of hydrogen-bond donors (Lipinski definition) is 0. The predicted molar refractivity (Wildman–Crippen MR) is 82.7 cm³/mol. The second-order valence-electron chi connectivity index (χ2n) is 6.08. The van der Waals surface area contributed by atoms with E-state index in [0.29, 0.717) is 17.5 Å². The zero-order valence-electron chi connectivity index (χ0n) is 12.2. The maximum absolute atomic E-state index is 12.7. The van der Waals surface area contributed by atoms with Crippen molar-refractivity contribution in [3.05, 3.63) is 58.7 Å². The molecular weight excluding hydrogens is 278 g/mol. The Morgan fingerprint density at radius 2 is 1.86 bits per heavy atom. The van der Waals surface area contributed by atoms with Crippen molar-refractivity contribution in [1.29, 1.82) is 0 Å². The van der Waals surface area contributed by atoms with Gasteiger partial charge in [0.05, 0.1) is 0 Å². The van der Waals surface area contributed by atoms with Gasteiger partial charge in [-0.3, -0.25) is 14.0 Å². The maximum Gasteiger partial charge on any atom is 0.270 e. The summed E-state index contributed by atoms with van der Waals surface area (Å²) < 4.78 is 1.43. The van der Waals surface area contributed by atoms with Crippen molar-refractivity contribution >= 4 is 11.6 Å². The van der Waals surface area contributed by atoms with Gasteiger partial charge < -0.3 is 4.90 Å². The van der Waals surface area contributed by atoms with Gasteiger partial charge >= 0.3 is 0 Å². The second kappa shape index (κ2) is 5.09. The van der Waals surface area contributed by atoms with E-state index >= 15 is 0 Å². The molecule has 0 aromatic carbocycles. The Kier molecular flexibility index (Phi) is 3.06. The molecule has 2 aromatic rings. The molecular formula is C17H17N3O2. The van der Waals surface area contributed by atoms with Crippen molar-refractivity contribution in [2.75, 3.05) is 13.1 Å². The number of aromatic nitrogens is 2. The first kappa shape index (κ1) is 13.2. The Morgan fingerprint density at radius 3 is 2.59 bits per heavy atom. The highest BCUT2D eigenvalue weighted by molar-refractivity contribution is 5.94. The molecule has 1 aliphatic carbocycles. The molecule has 5 nitrogen and oxygen atoms in total. The van der Waals surface area contributed by atoms with Crippen molar-refractivity contribution in [2.24, 2.45) is 11.8 Å². The molecule has 0 unspecified atom stereocenters. The summed E-state index contributed by atoms with van der Waals surface area (Å²) in [6.45, 7) is 1.48. The molecule has 0 radical (unpaired) electrons. The van der Waals surface area contributed by atoms with Crippen LogP contribution in [-0.2, 0) is 0 Å². The highest BCUT2D eigenvalue weighted by Crippen LogP contribution is 2.33. The normalized spacial score (nSPS) is 23.7. The zero-order chi connectivity index (χ0) is 15.1. The molecule has 22 heavy (non-hydrogen) atoms. The van der Waals surface area contributed by atoms with Crippen molar-refractivity contribution in [1.82, 2.24) is 14.3 Å². The van der Waals surface area contributed by atoms with Gasteiger partial charge in [0.25, 0.3) is 11.5 Å². The van der Waals surface area contributed by atoms with Crippen LogP contribution < -0.4 is 5.56 Å². The molecule has 112 valence electrons. The third kappa shape index (κ3) is 2.04. The number of pyridine rings is 1. The largest absolute Gasteiger partial charge is 0.338 e. The number of amides is 1. The Hall–Kier alpha value is -2.43. The Balaban J connectivity index is 1.66. The van der Waals surface area contributed by atoms with Gasteiger partial charge in [0.2, 0.25) is 0 Å². The number of likely N-dealkylation sites (tertiary alicyclic amines) is 1. The summed E-state index contributed by atoms with van der Waals surface area (Å²) in [5, 5.41) is 0. The minimum absolute atomic E-state index is 0.162. The van der Waals surface area contributed by atoms with Gasteiger partial charge in [-0.05, 0) is 36.8 Å². The topological polar surface area (TPSA) is 54.7 Å². The number of rotatable bonds is 1. The van der Waals surface area contributed by atoms with Crippen LogP contribution in [0, 0.1) is 11.8 Å². The predicted octanol–water partition coefficient (Wildman–Crippen LogP) is 1.73. The smallest absolute Gasteiger partial charge is 0.270 e. The number of nitrogens with zero attached hydrogens (tertiary/aromatic N) is 3. The number of carbonyl (C=O) groups excluding carboxylic acids is 1. The quantitative estimate of drug-likeness (QED) is 0.753. The number of fused-ring (bicyclic) bond motifs is 2. The summed E-state index contributed by atoms with van der Waals surface area (Å²) in [6.07, 6.45) is 9.52. The van der Waals surface area contributed by atoms with Gasteiger partial charge in [-0.25, -0.2) is 4.98 Å². The van der Waals surface area contributed by atoms with E-state index in [1.165, 1.54) is 10.6 Å². The molecule has 0 N–H and O–H groups in total. The van der Waals surface area contributed by atoms with Crippen LogP contribution >= 0.6 is 0 Å². The molecule has 0 saturated carbocycles. The first-order valence-corrected chi connectivity index (χ1v) is 7.65. The molecule has 1 fully saturated rings. The summed E-state index contributed by atoms with van der Waals surface area (Å²) in [5.74, 6) is 0.875. The zero-order valence-corrected chi connectivity index (χ0v) is 12.2. The summed E-state index contributed by atoms with van der Waals surface area (Å²) in [7, 11) is 0. The molecule has 0 bridgehead atoms. The summed E-state index contributed by atoms with van der Waals surface area (Å²) in [5.41, 5.74) is 0.433. The highest BCUT2D eigenvalue weighted by Gasteiger charge is 2.36. The lowest BCUT2D eigenvalue weighted by Crippen LogP contribution is -2.34. The van der Waals surface area contributed by atoms with E-state index in [2.05, 4.69) is 17.1 Å². The summed E-state index contributed by atoms with van der Waals surface area (Å²) >= 11 is 0. The van der Waals surface area contributed by atoms with Crippen LogP contribution in [0.4, 0.5) is 0 Å². The maximum atomic E-state index is 12.7. The highest BCUT2D eigenvalue weighted by atomic mass is 16.2. The van der Waals surface area contributed by atoms with E-state index in [4.69, 9.17) is 0 Å². The molecule has 4 rings (SSSR count). The molecule has 2 aromatic heterocycles.